The highest BCUT2D eigenvalue weighted by Gasteiger charge is 2.44. The monoisotopic (exact) mass is 944 g/mol. The molecule has 1 saturated heterocycles. The summed E-state index contributed by atoms with van der Waals surface area (Å²) < 4.78 is 11.2. The molecule has 6 N–H and O–H groups in total. The number of carbonyl (C=O) groups excluding carboxylic acids is 1. The molecule has 0 aromatic carbocycles. The van der Waals surface area contributed by atoms with Gasteiger partial charge in [-0.25, -0.2) is 0 Å². The lowest BCUT2D eigenvalue weighted by molar-refractivity contribution is -0.302. The van der Waals surface area contributed by atoms with Crippen LogP contribution in [0.25, 0.3) is 0 Å². The fraction of sp³-hybridized carbons (Fsp3) is 0.810. The van der Waals surface area contributed by atoms with E-state index in [1.165, 1.54) is 173 Å². The fourth-order valence-electron chi connectivity index (χ4n) is 8.57. The second-order valence-corrected chi connectivity index (χ2v) is 19.4. The zero-order chi connectivity index (χ0) is 48.7. The molecule has 0 saturated carbocycles. The van der Waals surface area contributed by atoms with Gasteiger partial charge in [-0.1, -0.05) is 222 Å². The summed E-state index contributed by atoms with van der Waals surface area (Å²) in [6.45, 7) is 3.75. The van der Waals surface area contributed by atoms with Crippen LogP contribution >= 0.6 is 0 Å². The molecule has 0 radical (unpaired) electrons. The van der Waals surface area contributed by atoms with Gasteiger partial charge in [-0.3, -0.25) is 4.79 Å². The molecule has 1 amide bonds. The van der Waals surface area contributed by atoms with E-state index in [9.17, 15) is 30.3 Å². The highest BCUT2D eigenvalue weighted by Crippen LogP contribution is 2.23. The molecule has 9 nitrogen and oxygen atoms in total. The molecule has 0 spiro atoms. The Morgan fingerprint density at radius 2 is 0.896 bits per heavy atom. The molecule has 0 bridgehead atoms. The molecule has 1 fully saturated rings. The average molecular weight is 944 g/mol. The summed E-state index contributed by atoms with van der Waals surface area (Å²) in [6.07, 6.45) is 57.1. The van der Waals surface area contributed by atoms with Gasteiger partial charge in [0, 0.05) is 6.42 Å². The van der Waals surface area contributed by atoms with Crippen molar-refractivity contribution < 1.29 is 39.8 Å². The van der Waals surface area contributed by atoms with E-state index in [4.69, 9.17) is 9.47 Å². The molecule has 1 aliphatic heterocycles. The average Bonchev–Trinajstić information content (AvgIpc) is 3.33. The minimum Gasteiger partial charge on any atom is -0.394 e. The first kappa shape index (κ1) is 62.9. The number of amides is 1. The maximum Gasteiger partial charge on any atom is 0.220 e. The lowest BCUT2D eigenvalue weighted by atomic mass is 9.99. The number of unbranched alkanes of at least 4 members (excludes halogenated alkanes) is 29. The summed E-state index contributed by atoms with van der Waals surface area (Å²) in [6, 6.07) is -0.830. The Bertz CT molecular complexity index is 1230. The zero-order valence-electron chi connectivity index (χ0n) is 43.1. The van der Waals surface area contributed by atoms with Crippen molar-refractivity contribution in [1.82, 2.24) is 5.32 Å². The first-order valence-electron chi connectivity index (χ1n) is 28.0. The van der Waals surface area contributed by atoms with Crippen LogP contribution in [-0.4, -0.2) is 87.5 Å². The van der Waals surface area contributed by atoms with Crippen molar-refractivity contribution in [2.45, 2.75) is 288 Å². The Kier molecular flexibility index (Phi) is 44.7. The Balaban J connectivity index is 2.27. The molecule has 1 aliphatic rings. The van der Waals surface area contributed by atoms with Crippen molar-refractivity contribution >= 4 is 5.91 Å². The molecule has 7 atom stereocenters. The van der Waals surface area contributed by atoms with Gasteiger partial charge in [-0.05, 0) is 77.0 Å². The summed E-state index contributed by atoms with van der Waals surface area (Å²) in [4.78, 5) is 13.0. The maximum absolute atomic E-state index is 13.0. The normalized spacial score (nSPS) is 20.1. The lowest BCUT2D eigenvalue weighted by Gasteiger charge is -2.40. The number of aliphatic hydroxyl groups is 5. The van der Waals surface area contributed by atoms with Gasteiger partial charge in [0.15, 0.2) is 6.29 Å². The van der Waals surface area contributed by atoms with Crippen LogP contribution in [0.3, 0.4) is 0 Å². The summed E-state index contributed by atoms with van der Waals surface area (Å²) in [5.74, 6) is -0.192. The van der Waals surface area contributed by atoms with Crippen LogP contribution in [0, 0.1) is 0 Å². The molecule has 9 heteroatoms. The van der Waals surface area contributed by atoms with E-state index in [0.29, 0.717) is 6.42 Å². The van der Waals surface area contributed by atoms with E-state index < -0.39 is 49.5 Å². The maximum atomic E-state index is 13.0. The van der Waals surface area contributed by atoms with Crippen LogP contribution in [0.1, 0.15) is 245 Å². The number of hydrogen-bond donors (Lipinski definition) is 6. The van der Waals surface area contributed by atoms with Gasteiger partial charge in [-0.15, -0.1) is 0 Å². The molecule has 7 unspecified atom stereocenters. The predicted octanol–water partition coefficient (Wildman–Crippen LogP) is 13.5. The molecule has 0 aliphatic carbocycles. The van der Waals surface area contributed by atoms with Crippen LogP contribution in [0.2, 0.25) is 0 Å². The molecule has 1 rings (SSSR count). The third kappa shape index (κ3) is 37.4. The molecule has 67 heavy (non-hydrogen) atoms. The van der Waals surface area contributed by atoms with E-state index in [-0.39, 0.29) is 12.5 Å². The minimum atomic E-state index is -1.58. The second-order valence-electron chi connectivity index (χ2n) is 19.4. The largest absolute Gasteiger partial charge is 0.394 e. The summed E-state index contributed by atoms with van der Waals surface area (Å²) in [5.41, 5.74) is 0. The van der Waals surface area contributed by atoms with E-state index >= 15 is 0 Å². The number of carbonyl (C=O) groups is 1. The van der Waals surface area contributed by atoms with Crippen molar-refractivity contribution in [3.63, 3.8) is 0 Å². The van der Waals surface area contributed by atoms with Crippen molar-refractivity contribution in [3.8, 4) is 0 Å². The van der Waals surface area contributed by atoms with E-state index in [2.05, 4.69) is 67.8 Å². The van der Waals surface area contributed by atoms with E-state index in [1.807, 2.05) is 6.08 Å². The number of ether oxygens (including phenoxy) is 2. The van der Waals surface area contributed by atoms with Crippen molar-refractivity contribution in [2.24, 2.45) is 0 Å². The number of nitrogens with one attached hydrogen (secondary N) is 1. The standard InChI is InChI=1S/C58H105NO8/c1-3-5-7-9-11-13-15-17-19-21-23-24-25-26-27-28-30-32-34-36-38-40-42-44-46-48-54(62)59-51(50-66-58-57(65)56(64)55(63)53(49-60)67-58)52(61)47-45-43-41-39-37-35-33-31-29-22-20-18-16-14-12-10-8-6-4-2/h15,17,21,23,29,31,37,39,45,47,51-53,55-58,60-61,63-65H,3-14,16,18-20,22,24-28,30,32-36,38,40-44,46,48-50H2,1-2H3,(H,59,62)/b17-15-,23-21-,31-29+,39-37+,47-45+. The summed E-state index contributed by atoms with van der Waals surface area (Å²) in [7, 11) is 0. The van der Waals surface area contributed by atoms with Crippen molar-refractivity contribution in [3.05, 3.63) is 60.8 Å². The van der Waals surface area contributed by atoms with Crippen LogP contribution < -0.4 is 5.32 Å². The predicted molar refractivity (Wildman–Crippen MR) is 281 cm³/mol. The molecular formula is C58H105NO8. The Hall–Kier alpha value is -2.11. The SMILES string of the molecule is CCCCCCC/C=C\C/C=C\CCCCCCCCCCCCCCCC(=O)NC(COC1OC(CO)C(O)C(O)C1O)C(O)/C=C/CC/C=C/CC/C=C/CCCCCCCCCCC. The van der Waals surface area contributed by atoms with Crippen LogP contribution in [0.5, 0.6) is 0 Å². The number of allylic oxidation sites excluding steroid dienone is 9. The minimum absolute atomic E-state index is 0.192. The summed E-state index contributed by atoms with van der Waals surface area (Å²) >= 11 is 0. The molecule has 390 valence electrons. The topological polar surface area (TPSA) is 149 Å². The third-order valence-electron chi connectivity index (χ3n) is 13.0. The zero-order valence-corrected chi connectivity index (χ0v) is 43.1. The first-order valence-corrected chi connectivity index (χ1v) is 28.0. The van der Waals surface area contributed by atoms with Gasteiger partial charge in [0.1, 0.15) is 24.4 Å². The van der Waals surface area contributed by atoms with Crippen LogP contribution in [0.15, 0.2) is 60.8 Å². The van der Waals surface area contributed by atoms with Gasteiger partial charge in [0.2, 0.25) is 5.91 Å². The number of aliphatic hydroxyl groups excluding tert-OH is 5. The molecule has 0 aromatic rings. The van der Waals surface area contributed by atoms with Crippen molar-refractivity contribution in [1.29, 1.82) is 0 Å². The van der Waals surface area contributed by atoms with E-state index in [1.54, 1.807) is 6.08 Å². The molecular weight excluding hydrogens is 839 g/mol. The second kappa shape index (κ2) is 47.6. The smallest absolute Gasteiger partial charge is 0.220 e. The molecule has 0 aromatic heterocycles. The quantitative estimate of drug-likeness (QED) is 0.0261. The molecule has 1 heterocycles. The first-order chi connectivity index (χ1) is 32.8. The Labute approximate surface area is 411 Å². The number of hydrogen-bond acceptors (Lipinski definition) is 8. The van der Waals surface area contributed by atoms with Crippen LogP contribution in [-0.2, 0) is 14.3 Å². The Morgan fingerprint density at radius 1 is 0.507 bits per heavy atom. The highest BCUT2D eigenvalue weighted by molar-refractivity contribution is 5.76. The highest BCUT2D eigenvalue weighted by atomic mass is 16.7. The van der Waals surface area contributed by atoms with Gasteiger partial charge in [0.05, 0.1) is 25.4 Å². The van der Waals surface area contributed by atoms with Gasteiger partial charge < -0.3 is 40.3 Å². The number of rotatable bonds is 47. The summed E-state index contributed by atoms with van der Waals surface area (Å²) in [5, 5.41) is 54.4. The Morgan fingerprint density at radius 3 is 1.34 bits per heavy atom. The van der Waals surface area contributed by atoms with E-state index in [0.717, 1.165) is 51.4 Å². The van der Waals surface area contributed by atoms with Crippen LogP contribution in [0.4, 0.5) is 0 Å². The lowest BCUT2D eigenvalue weighted by Crippen LogP contribution is -2.60. The fourth-order valence-corrected chi connectivity index (χ4v) is 8.57. The third-order valence-corrected chi connectivity index (χ3v) is 13.0. The van der Waals surface area contributed by atoms with Crippen molar-refractivity contribution in [2.75, 3.05) is 13.2 Å². The van der Waals surface area contributed by atoms with Gasteiger partial charge >= 0.3 is 0 Å². The van der Waals surface area contributed by atoms with Gasteiger partial charge in [-0.2, -0.15) is 0 Å². The van der Waals surface area contributed by atoms with Gasteiger partial charge in [0.25, 0.3) is 0 Å².